The van der Waals surface area contributed by atoms with Crippen molar-refractivity contribution >= 4 is 17.3 Å². The lowest BCUT2D eigenvalue weighted by Gasteiger charge is -2.17. The van der Waals surface area contributed by atoms with E-state index in [1.807, 2.05) is 24.4 Å². The van der Waals surface area contributed by atoms with Crippen molar-refractivity contribution in [1.82, 2.24) is 0 Å². The Bertz CT molecular complexity index is 322. The van der Waals surface area contributed by atoms with Crippen LogP contribution in [0.2, 0.25) is 0 Å². The Kier molecular flexibility index (Phi) is 4.96. The molecule has 1 rings (SSSR count). The Morgan fingerprint density at radius 2 is 2.19 bits per heavy atom. The molecule has 0 saturated heterocycles. The summed E-state index contributed by atoms with van der Waals surface area (Å²) >= 11 is 1.47. The quantitative estimate of drug-likeness (QED) is 0.806. The van der Waals surface area contributed by atoms with E-state index < -0.39 is 6.04 Å². The van der Waals surface area contributed by atoms with Crippen molar-refractivity contribution in [2.24, 2.45) is 11.7 Å². The number of carbonyl (C=O) groups excluding carboxylic acids is 1. The molecule has 0 saturated carbocycles. The molecule has 0 aliphatic rings. The highest BCUT2D eigenvalue weighted by molar-refractivity contribution is 7.10. The molecule has 0 spiro atoms. The minimum atomic E-state index is -0.644. The maximum absolute atomic E-state index is 11.7. The third-order valence-corrected chi connectivity index (χ3v) is 3.18. The average molecular weight is 241 g/mol. The highest BCUT2D eigenvalue weighted by Gasteiger charge is 2.20. The maximum Gasteiger partial charge on any atom is 0.328 e. The predicted molar refractivity (Wildman–Crippen MR) is 66.3 cm³/mol. The number of nitrogens with two attached hydrogens (primary N) is 1. The average Bonchev–Trinajstić information content (AvgIpc) is 2.67. The number of hydrogen-bond acceptors (Lipinski definition) is 4. The van der Waals surface area contributed by atoms with Gasteiger partial charge in [-0.25, -0.2) is 4.79 Å². The van der Waals surface area contributed by atoms with Gasteiger partial charge < -0.3 is 10.5 Å². The van der Waals surface area contributed by atoms with Gasteiger partial charge in [0.25, 0.3) is 0 Å². The van der Waals surface area contributed by atoms with E-state index in [2.05, 4.69) is 13.8 Å². The molecule has 0 radical (unpaired) electrons. The van der Waals surface area contributed by atoms with Crippen LogP contribution in [0, 0.1) is 5.92 Å². The van der Waals surface area contributed by atoms with E-state index in [0.717, 1.165) is 11.3 Å². The molecule has 0 bridgehead atoms. The fourth-order valence-electron chi connectivity index (χ4n) is 1.57. The van der Waals surface area contributed by atoms with Crippen molar-refractivity contribution in [3.63, 3.8) is 0 Å². The molecule has 2 atom stereocenters. The third-order valence-electron chi connectivity index (χ3n) is 2.22. The summed E-state index contributed by atoms with van der Waals surface area (Å²) in [6, 6.07) is 3.09. The monoisotopic (exact) mass is 241 g/mol. The SMILES string of the molecule is CC(C)CC(C)OC(=O)C(N)c1cccs1. The highest BCUT2D eigenvalue weighted by Crippen LogP contribution is 2.19. The molecule has 0 fully saturated rings. The smallest absolute Gasteiger partial charge is 0.328 e. The van der Waals surface area contributed by atoms with E-state index in [0.29, 0.717) is 5.92 Å². The Labute approximate surface area is 101 Å². The second kappa shape index (κ2) is 6.01. The van der Waals surface area contributed by atoms with Crippen molar-refractivity contribution in [3.05, 3.63) is 22.4 Å². The first-order chi connectivity index (χ1) is 7.50. The summed E-state index contributed by atoms with van der Waals surface area (Å²) in [7, 11) is 0. The van der Waals surface area contributed by atoms with Gasteiger partial charge in [-0.2, -0.15) is 0 Å². The maximum atomic E-state index is 11.7. The van der Waals surface area contributed by atoms with E-state index in [-0.39, 0.29) is 12.1 Å². The normalized spacial score (nSPS) is 14.8. The Morgan fingerprint density at radius 3 is 2.69 bits per heavy atom. The standard InChI is InChI=1S/C12H19NO2S/c1-8(2)7-9(3)15-12(14)11(13)10-5-4-6-16-10/h4-6,8-9,11H,7,13H2,1-3H3. The first kappa shape index (κ1) is 13.2. The van der Waals surface area contributed by atoms with Crippen LogP contribution in [0.4, 0.5) is 0 Å². The molecule has 0 amide bonds. The van der Waals surface area contributed by atoms with Gasteiger partial charge in [-0.1, -0.05) is 19.9 Å². The summed E-state index contributed by atoms with van der Waals surface area (Å²) in [5.74, 6) is 0.177. The van der Waals surface area contributed by atoms with Crippen molar-refractivity contribution in [3.8, 4) is 0 Å². The number of thiophene rings is 1. The van der Waals surface area contributed by atoms with Crippen LogP contribution in [0.5, 0.6) is 0 Å². The lowest BCUT2D eigenvalue weighted by atomic mass is 10.1. The summed E-state index contributed by atoms with van der Waals surface area (Å²) in [6.07, 6.45) is 0.793. The molecule has 0 aliphatic heterocycles. The Balaban J connectivity index is 2.46. The molecule has 0 aromatic carbocycles. The van der Waals surface area contributed by atoms with Crippen molar-refractivity contribution < 1.29 is 9.53 Å². The van der Waals surface area contributed by atoms with E-state index in [1.54, 1.807) is 0 Å². The zero-order valence-corrected chi connectivity index (χ0v) is 10.8. The molecule has 4 heteroatoms. The largest absolute Gasteiger partial charge is 0.461 e. The summed E-state index contributed by atoms with van der Waals surface area (Å²) in [4.78, 5) is 12.5. The molecule has 2 unspecified atom stereocenters. The zero-order chi connectivity index (χ0) is 12.1. The first-order valence-corrected chi connectivity index (χ1v) is 6.38. The lowest BCUT2D eigenvalue weighted by Crippen LogP contribution is -2.27. The molecule has 90 valence electrons. The third kappa shape index (κ3) is 3.94. The fourth-order valence-corrected chi connectivity index (χ4v) is 2.28. The summed E-state index contributed by atoms with van der Waals surface area (Å²) in [5.41, 5.74) is 5.80. The van der Waals surface area contributed by atoms with E-state index >= 15 is 0 Å². The van der Waals surface area contributed by atoms with Crippen LogP contribution in [-0.2, 0) is 9.53 Å². The van der Waals surface area contributed by atoms with Gasteiger partial charge in [0.05, 0.1) is 6.10 Å². The van der Waals surface area contributed by atoms with Crippen LogP contribution in [0.15, 0.2) is 17.5 Å². The molecular formula is C12H19NO2S. The summed E-state index contributed by atoms with van der Waals surface area (Å²) in [5, 5.41) is 1.90. The molecule has 1 aromatic heterocycles. The molecule has 3 nitrogen and oxygen atoms in total. The number of ether oxygens (including phenoxy) is 1. The number of rotatable bonds is 5. The fraction of sp³-hybridized carbons (Fsp3) is 0.583. The molecule has 1 heterocycles. The van der Waals surface area contributed by atoms with Gasteiger partial charge in [0.2, 0.25) is 0 Å². The number of hydrogen-bond donors (Lipinski definition) is 1. The number of carbonyl (C=O) groups is 1. The topological polar surface area (TPSA) is 52.3 Å². The van der Waals surface area contributed by atoms with Crippen LogP contribution < -0.4 is 5.73 Å². The summed E-state index contributed by atoms with van der Waals surface area (Å²) in [6.45, 7) is 6.10. The minimum Gasteiger partial charge on any atom is -0.461 e. The van der Waals surface area contributed by atoms with Gasteiger partial charge in [-0.15, -0.1) is 11.3 Å². The van der Waals surface area contributed by atoms with Crippen molar-refractivity contribution in [2.75, 3.05) is 0 Å². The van der Waals surface area contributed by atoms with Crippen molar-refractivity contribution in [2.45, 2.75) is 39.3 Å². The minimum absolute atomic E-state index is 0.0708. The van der Waals surface area contributed by atoms with Gasteiger partial charge in [0, 0.05) is 4.88 Å². The lowest BCUT2D eigenvalue weighted by molar-refractivity contribution is -0.150. The van der Waals surface area contributed by atoms with Gasteiger partial charge in [0.1, 0.15) is 6.04 Å². The van der Waals surface area contributed by atoms with Gasteiger partial charge in [0.15, 0.2) is 0 Å². The molecule has 0 aliphatic carbocycles. The van der Waals surface area contributed by atoms with E-state index in [9.17, 15) is 4.79 Å². The van der Waals surface area contributed by atoms with Gasteiger partial charge >= 0.3 is 5.97 Å². The van der Waals surface area contributed by atoms with Gasteiger partial charge in [-0.3, -0.25) is 0 Å². The van der Waals surface area contributed by atoms with Crippen LogP contribution in [0.1, 0.15) is 38.1 Å². The second-order valence-corrected chi connectivity index (χ2v) is 5.35. The van der Waals surface area contributed by atoms with Crippen molar-refractivity contribution in [1.29, 1.82) is 0 Å². The second-order valence-electron chi connectivity index (χ2n) is 4.37. The van der Waals surface area contributed by atoms with Crippen LogP contribution >= 0.6 is 11.3 Å². The Hall–Kier alpha value is -0.870. The number of esters is 1. The van der Waals surface area contributed by atoms with E-state index in [4.69, 9.17) is 10.5 Å². The highest BCUT2D eigenvalue weighted by atomic mass is 32.1. The van der Waals surface area contributed by atoms with E-state index in [1.165, 1.54) is 11.3 Å². The molecule has 1 aromatic rings. The first-order valence-electron chi connectivity index (χ1n) is 5.50. The zero-order valence-electron chi connectivity index (χ0n) is 9.97. The van der Waals surface area contributed by atoms with Crippen LogP contribution in [-0.4, -0.2) is 12.1 Å². The molecular weight excluding hydrogens is 222 g/mol. The van der Waals surface area contributed by atoms with Crippen LogP contribution in [0.3, 0.4) is 0 Å². The molecule has 16 heavy (non-hydrogen) atoms. The van der Waals surface area contributed by atoms with Gasteiger partial charge in [-0.05, 0) is 30.7 Å². The Morgan fingerprint density at radius 1 is 1.50 bits per heavy atom. The molecule has 2 N–H and O–H groups in total. The van der Waals surface area contributed by atoms with Crippen LogP contribution in [0.25, 0.3) is 0 Å². The summed E-state index contributed by atoms with van der Waals surface area (Å²) < 4.78 is 5.29. The predicted octanol–water partition coefficient (Wildman–Crippen LogP) is 2.73.